The monoisotopic (exact) mass is 415 g/mol. The summed E-state index contributed by atoms with van der Waals surface area (Å²) in [5.74, 6) is 0. The molecule has 0 saturated heterocycles. The Morgan fingerprint density at radius 3 is 1.00 bits per heavy atom. The Labute approximate surface area is 191 Å². The maximum absolute atomic E-state index is 3.45. The van der Waals surface area contributed by atoms with Crippen LogP contribution in [0.15, 0.2) is 18.2 Å². The SMILES string of the molecule is [C]1=C/C=C/CCCCCCCCCCCCCCCCCCCCCCCCCC/1. The van der Waals surface area contributed by atoms with E-state index < -0.39 is 0 Å². The Bertz CT molecular complexity index is 328. The molecule has 0 bridgehead atoms. The lowest BCUT2D eigenvalue weighted by Gasteiger charge is -2.04. The van der Waals surface area contributed by atoms with Gasteiger partial charge in [0.15, 0.2) is 0 Å². The van der Waals surface area contributed by atoms with Gasteiger partial charge in [0.2, 0.25) is 0 Å². The maximum atomic E-state index is 3.45. The highest BCUT2D eigenvalue weighted by Crippen LogP contribution is 2.16. The Morgan fingerprint density at radius 2 is 0.633 bits per heavy atom. The predicted octanol–water partition coefficient (Wildman–Crippen LogP) is 11.1. The van der Waals surface area contributed by atoms with Gasteiger partial charge in [-0.05, 0) is 31.8 Å². The molecule has 0 aliphatic heterocycles. The predicted molar refractivity (Wildman–Crippen MR) is 137 cm³/mol. The summed E-state index contributed by atoms with van der Waals surface area (Å²) in [7, 11) is 0. The molecule has 1 rings (SSSR count). The van der Waals surface area contributed by atoms with Gasteiger partial charge in [0, 0.05) is 0 Å². The van der Waals surface area contributed by atoms with E-state index in [2.05, 4.69) is 24.3 Å². The number of allylic oxidation sites excluding steroid dienone is 4. The molecule has 0 nitrogen and oxygen atoms in total. The van der Waals surface area contributed by atoms with Crippen molar-refractivity contribution in [1.82, 2.24) is 0 Å². The van der Waals surface area contributed by atoms with E-state index >= 15 is 0 Å². The fraction of sp³-hybridized carbons (Fsp3) is 0.867. The summed E-state index contributed by atoms with van der Waals surface area (Å²) in [4.78, 5) is 0. The van der Waals surface area contributed by atoms with E-state index in [1.165, 1.54) is 161 Å². The lowest BCUT2D eigenvalue weighted by Crippen LogP contribution is -1.84. The Kier molecular flexibility index (Phi) is 22.7. The summed E-state index contributed by atoms with van der Waals surface area (Å²) >= 11 is 0. The van der Waals surface area contributed by atoms with Gasteiger partial charge in [-0.1, -0.05) is 159 Å². The van der Waals surface area contributed by atoms with Gasteiger partial charge in [0.25, 0.3) is 0 Å². The van der Waals surface area contributed by atoms with E-state index in [0.29, 0.717) is 0 Å². The van der Waals surface area contributed by atoms with Crippen LogP contribution in [0.25, 0.3) is 0 Å². The molecule has 0 fully saturated rings. The molecule has 1 radical (unpaired) electrons. The van der Waals surface area contributed by atoms with E-state index in [4.69, 9.17) is 0 Å². The first-order valence-electron chi connectivity index (χ1n) is 14.2. The third-order valence-corrected chi connectivity index (χ3v) is 6.79. The Balaban J connectivity index is 2.07. The number of hydrogen-bond donors (Lipinski definition) is 0. The van der Waals surface area contributed by atoms with Crippen LogP contribution < -0.4 is 0 Å². The molecule has 0 amide bonds. The normalized spacial score (nSPS) is 25.1. The van der Waals surface area contributed by atoms with Crippen molar-refractivity contribution in [3.8, 4) is 0 Å². The van der Waals surface area contributed by atoms with Gasteiger partial charge in [0.1, 0.15) is 0 Å². The molecule has 0 unspecified atom stereocenters. The smallest absolute Gasteiger partial charge is 0.0276 e. The minimum atomic E-state index is 1.14. The zero-order valence-corrected chi connectivity index (χ0v) is 20.6. The number of rotatable bonds is 0. The fourth-order valence-electron chi connectivity index (χ4n) is 4.69. The summed E-state index contributed by atoms with van der Waals surface area (Å²) in [5.41, 5.74) is 0. The fourth-order valence-corrected chi connectivity index (χ4v) is 4.69. The van der Waals surface area contributed by atoms with Crippen LogP contribution in [0.3, 0.4) is 0 Å². The second-order valence-electron chi connectivity index (χ2n) is 9.82. The van der Waals surface area contributed by atoms with Crippen molar-refractivity contribution in [1.29, 1.82) is 0 Å². The first kappa shape index (κ1) is 27.5. The van der Waals surface area contributed by atoms with Crippen LogP contribution in [-0.2, 0) is 0 Å². The second kappa shape index (κ2) is 24.7. The summed E-state index contributed by atoms with van der Waals surface area (Å²) in [5, 5.41) is 0. The van der Waals surface area contributed by atoms with Crippen molar-refractivity contribution >= 4 is 0 Å². The summed E-state index contributed by atoms with van der Waals surface area (Å²) < 4.78 is 0. The lowest BCUT2D eigenvalue weighted by atomic mass is 10.0. The highest BCUT2D eigenvalue weighted by atomic mass is 14.0. The van der Waals surface area contributed by atoms with Crippen molar-refractivity contribution in [2.45, 2.75) is 167 Å². The van der Waals surface area contributed by atoms with Crippen LogP contribution in [0.4, 0.5) is 0 Å². The zero-order chi connectivity index (χ0) is 21.2. The third-order valence-electron chi connectivity index (χ3n) is 6.79. The van der Waals surface area contributed by atoms with Crippen LogP contribution in [0.1, 0.15) is 167 Å². The molecule has 0 N–H and O–H groups in total. The quantitative estimate of drug-likeness (QED) is 0.369. The maximum Gasteiger partial charge on any atom is -0.0276 e. The van der Waals surface area contributed by atoms with Crippen molar-refractivity contribution < 1.29 is 0 Å². The number of hydrogen-bond acceptors (Lipinski definition) is 0. The second-order valence-corrected chi connectivity index (χ2v) is 9.82. The molecular weight excluding hydrogens is 360 g/mol. The first-order valence-corrected chi connectivity index (χ1v) is 14.2. The molecule has 175 valence electrons. The minimum absolute atomic E-state index is 1.14. The molecule has 0 heteroatoms. The van der Waals surface area contributed by atoms with Gasteiger partial charge < -0.3 is 0 Å². The Hall–Kier alpha value is -0.520. The lowest BCUT2D eigenvalue weighted by molar-refractivity contribution is 0.516. The average molecular weight is 416 g/mol. The van der Waals surface area contributed by atoms with Gasteiger partial charge in [0.05, 0.1) is 0 Å². The average Bonchev–Trinajstić information content (AvgIpc) is 2.76. The van der Waals surface area contributed by atoms with Gasteiger partial charge >= 0.3 is 0 Å². The molecule has 0 heterocycles. The van der Waals surface area contributed by atoms with Crippen LogP contribution in [-0.4, -0.2) is 0 Å². The third kappa shape index (κ3) is 22.2. The minimum Gasteiger partial charge on any atom is -0.0845 e. The van der Waals surface area contributed by atoms with E-state index in [9.17, 15) is 0 Å². The highest BCUT2D eigenvalue weighted by Gasteiger charge is 1.96. The topological polar surface area (TPSA) is 0 Å². The van der Waals surface area contributed by atoms with E-state index in [0.717, 1.165) is 6.42 Å². The van der Waals surface area contributed by atoms with Crippen LogP contribution in [0.2, 0.25) is 0 Å². The van der Waals surface area contributed by atoms with E-state index in [-0.39, 0.29) is 0 Å². The molecule has 1 aliphatic rings. The van der Waals surface area contributed by atoms with Crippen molar-refractivity contribution in [3.63, 3.8) is 0 Å². The van der Waals surface area contributed by atoms with Gasteiger partial charge in [-0.2, -0.15) is 0 Å². The molecule has 0 spiro atoms. The van der Waals surface area contributed by atoms with Crippen LogP contribution >= 0.6 is 0 Å². The largest absolute Gasteiger partial charge is 0.0845 e. The van der Waals surface area contributed by atoms with Crippen LogP contribution in [0, 0.1) is 6.08 Å². The molecule has 0 aromatic heterocycles. The molecule has 0 aromatic carbocycles. The van der Waals surface area contributed by atoms with Crippen molar-refractivity contribution in [2.24, 2.45) is 0 Å². The van der Waals surface area contributed by atoms with Gasteiger partial charge in [-0.3, -0.25) is 0 Å². The van der Waals surface area contributed by atoms with Gasteiger partial charge in [-0.25, -0.2) is 0 Å². The van der Waals surface area contributed by atoms with Crippen molar-refractivity contribution in [3.05, 3.63) is 24.3 Å². The zero-order valence-electron chi connectivity index (χ0n) is 20.6. The molecule has 0 aromatic rings. The highest BCUT2D eigenvalue weighted by molar-refractivity contribution is 4.98. The summed E-state index contributed by atoms with van der Waals surface area (Å²) in [6.07, 6.45) is 47.5. The molecule has 1 aliphatic carbocycles. The molecular formula is C30H55. The standard InChI is InChI=1S/C30H55/c1-2-4-6-8-10-12-14-16-18-20-22-24-26-28-30-29-27-25-23-21-19-17-15-13-11-9-7-5-3-1/h1-3H,4,6-30H2/b2-1+,5-3?. The molecule has 30 heavy (non-hydrogen) atoms. The van der Waals surface area contributed by atoms with Crippen LogP contribution in [0.5, 0.6) is 0 Å². The van der Waals surface area contributed by atoms with Gasteiger partial charge in [-0.15, -0.1) is 0 Å². The van der Waals surface area contributed by atoms with E-state index in [1.54, 1.807) is 0 Å². The Morgan fingerprint density at radius 1 is 0.333 bits per heavy atom. The summed E-state index contributed by atoms with van der Waals surface area (Å²) in [6, 6.07) is 0. The van der Waals surface area contributed by atoms with Crippen molar-refractivity contribution in [2.75, 3.05) is 0 Å². The van der Waals surface area contributed by atoms with E-state index in [1.807, 2.05) is 0 Å². The summed E-state index contributed by atoms with van der Waals surface area (Å²) in [6.45, 7) is 0. The first-order chi connectivity index (χ1) is 15.0. The molecule has 0 saturated carbocycles. The molecule has 0 atom stereocenters.